The molecule has 2 aromatic carbocycles. The summed E-state index contributed by atoms with van der Waals surface area (Å²) in [4.78, 5) is 24.8. The summed E-state index contributed by atoms with van der Waals surface area (Å²) in [5.41, 5.74) is 0.370. The van der Waals surface area contributed by atoms with E-state index in [0.717, 1.165) is 12.1 Å². The first-order valence-electron chi connectivity index (χ1n) is 9.09. The van der Waals surface area contributed by atoms with Gasteiger partial charge in [-0.25, -0.2) is 0 Å². The number of amides is 1. The van der Waals surface area contributed by atoms with Crippen molar-refractivity contribution in [3.05, 3.63) is 57.8 Å². The standard InChI is InChI=1S/C20H19N3O6S/c1-3-28-15-7-5-13(6-8-15)22-19(25)16(21-20(22)30)10-12-9-14(23(26)27)11-17(18(12)24)29-4-2/h5-11,24H,3-4H2,1-2H3,(H,21,30)/b16-10-. The number of nitro groups is 1. The van der Waals surface area contributed by atoms with Gasteiger partial charge in [0.25, 0.3) is 11.6 Å². The summed E-state index contributed by atoms with van der Waals surface area (Å²) in [5, 5.41) is 24.6. The van der Waals surface area contributed by atoms with Crippen LogP contribution in [0.2, 0.25) is 0 Å². The fraction of sp³-hybridized carbons (Fsp3) is 0.200. The zero-order valence-corrected chi connectivity index (χ0v) is 17.1. The Balaban J connectivity index is 1.96. The minimum absolute atomic E-state index is 0.0464. The van der Waals surface area contributed by atoms with E-state index in [4.69, 9.17) is 21.7 Å². The lowest BCUT2D eigenvalue weighted by Gasteiger charge is -2.14. The molecule has 30 heavy (non-hydrogen) atoms. The first kappa shape index (κ1) is 21.1. The summed E-state index contributed by atoms with van der Waals surface area (Å²) < 4.78 is 10.7. The summed E-state index contributed by atoms with van der Waals surface area (Å²) in [6.07, 6.45) is 1.30. The number of hydrogen-bond acceptors (Lipinski definition) is 7. The van der Waals surface area contributed by atoms with E-state index in [2.05, 4.69) is 5.32 Å². The molecule has 1 fully saturated rings. The Kier molecular flexibility index (Phi) is 6.17. The molecule has 0 bridgehead atoms. The van der Waals surface area contributed by atoms with Gasteiger partial charge in [0.1, 0.15) is 11.4 Å². The van der Waals surface area contributed by atoms with E-state index in [0.29, 0.717) is 18.0 Å². The maximum Gasteiger partial charge on any atom is 0.281 e. The van der Waals surface area contributed by atoms with Gasteiger partial charge >= 0.3 is 0 Å². The molecule has 1 heterocycles. The average molecular weight is 429 g/mol. The number of carbonyl (C=O) groups is 1. The Morgan fingerprint density at radius 3 is 2.47 bits per heavy atom. The van der Waals surface area contributed by atoms with Gasteiger partial charge in [-0.2, -0.15) is 0 Å². The lowest BCUT2D eigenvalue weighted by Crippen LogP contribution is -2.30. The highest BCUT2D eigenvalue weighted by Gasteiger charge is 2.32. The number of hydrogen-bond donors (Lipinski definition) is 2. The lowest BCUT2D eigenvalue weighted by atomic mass is 10.1. The van der Waals surface area contributed by atoms with E-state index in [1.165, 1.54) is 11.0 Å². The van der Waals surface area contributed by atoms with Crippen molar-refractivity contribution >= 4 is 40.7 Å². The van der Waals surface area contributed by atoms with Crippen molar-refractivity contribution in [1.29, 1.82) is 0 Å². The molecule has 0 aliphatic carbocycles. The van der Waals surface area contributed by atoms with E-state index in [1.807, 2.05) is 6.92 Å². The Bertz CT molecular complexity index is 1040. The first-order valence-corrected chi connectivity index (χ1v) is 9.50. The van der Waals surface area contributed by atoms with E-state index in [1.54, 1.807) is 31.2 Å². The number of nitro benzene ring substituents is 1. The van der Waals surface area contributed by atoms with Crippen LogP contribution in [-0.4, -0.2) is 34.3 Å². The van der Waals surface area contributed by atoms with E-state index in [9.17, 15) is 20.0 Å². The Morgan fingerprint density at radius 2 is 1.87 bits per heavy atom. The molecule has 2 aromatic rings. The van der Waals surface area contributed by atoms with Crippen LogP contribution in [0, 0.1) is 10.1 Å². The van der Waals surface area contributed by atoms with Crippen molar-refractivity contribution in [3.63, 3.8) is 0 Å². The van der Waals surface area contributed by atoms with Gasteiger partial charge in [0.15, 0.2) is 16.6 Å². The van der Waals surface area contributed by atoms with E-state index >= 15 is 0 Å². The van der Waals surface area contributed by atoms with Crippen LogP contribution in [0.4, 0.5) is 11.4 Å². The van der Waals surface area contributed by atoms with Gasteiger partial charge in [0.05, 0.1) is 29.9 Å². The van der Waals surface area contributed by atoms with E-state index in [-0.39, 0.29) is 40.2 Å². The SMILES string of the molecule is CCOc1ccc(N2C(=O)/C(=C/c3cc([N+](=O)[O-])cc(OCC)c3O)NC2=S)cc1. The number of non-ortho nitro benzene ring substituents is 1. The molecule has 0 aromatic heterocycles. The third-order valence-corrected chi connectivity index (χ3v) is 4.47. The predicted octanol–water partition coefficient (Wildman–Crippen LogP) is 3.36. The van der Waals surface area contributed by atoms with Crippen molar-refractivity contribution in [1.82, 2.24) is 5.32 Å². The molecule has 0 saturated carbocycles. The number of nitrogens with zero attached hydrogens (tertiary/aromatic N) is 2. The van der Waals surface area contributed by atoms with Crippen LogP contribution in [0.1, 0.15) is 19.4 Å². The molecule has 0 atom stereocenters. The number of nitrogens with one attached hydrogen (secondary N) is 1. The van der Waals surface area contributed by atoms with Crippen LogP contribution in [-0.2, 0) is 4.79 Å². The second-order valence-electron chi connectivity index (χ2n) is 6.13. The molecule has 156 valence electrons. The van der Waals surface area contributed by atoms with Gasteiger partial charge in [-0.05, 0) is 56.4 Å². The third kappa shape index (κ3) is 4.18. The van der Waals surface area contributed by atoms with Gasteiger partial charge in [-0.1, -0.05) is 0 Å². The molecule has 10 heteroatoms. The van der Waals surface area contributed by atoms with Crippen LogP contribution < -0.4 is 19.7 Å². The molecule has 3 rings (SSSR count). The predicted molar refractivity (Wildman–Crippen MR) is 115 cm³/mol. The van der Waals surface area contributed by atoms with Crippen molar-refractivity contribution in [2.75, 3.05) is 18.1 Å². The zero-order valence-electron chi connectivity index (χ0n) is 16.2. The number of ether oxygens (including phenoxy) is 2. The molecule has 9 nitrogen and oxygen atoms in total. The fourth-order valence-corrected chi connectivity index (χ4v) is 3.18. The molecule has 2 N–H and O–H groups in total. The Labute approximate surface area is 177 Å². The largest absolute Gasteiger partial charge is 0.504 e. The maximum atomic E-state index is 12.9. The van der Waals surface area contributed by atoms with E-state index < -0.39 is 10.8 Å². The molecule has 0 spiro atoms. The van der Waals surface area contributed by atoms with Crippen molar-refractivity contribution in [2.24, 2.45) is 0 Å². The monoisotopic (exact) mass is 429 g/mol. The molecule has 0 unspecified atom stereocenters. The van der Waals surface area contributed by atoms with Crippen LogP contribution in [0.25, 0.3) is 6.08 Å². The maximum absolute atomic E-state index is 12.9. The highest BCUT2D eigenvalue weighted by molar-refractivity contribution is 7.80. The van der Waals surface area contributed by atoms with Crippen molar-refractivity contribution < 1.29 is 24.3 Å². The Morgan fingerprint density at radius 1 is 1.20 bits per heavy atom. The Hall–Kier alpha value is -3.66. The highest BCUT2D eigenvalue weighted by Crippen LogP contribution is 2.36. The number of carbonyl (C=O) groups excluding carboxylic acids is 1. The quantitative estimate of drug-likeness (QED) is 0.298. The first-order chi connectivity index (χ1) is 14.3. The summed E-state index contributed by atoms with van der Waals surface area (Å²) in [6, 6.07) is 9.11. The number of rotatable bonds is 7. The van der Waals surface area contributed by atoms with Gasteiger partial charge in [-0.15, -0.1) is 0 Å². The molecular formula is C20H19N3O6S. The molecule has 1 amide bonds. The zero-order chi connectivity index (χ0) is 21.8. The minimum atomic E-state index is -0.606. The third-order valence-electron chi connectivity index (χ3n) is 4.18. The molecule has 1 aliphatic heterocycles. The van der Waals surface area contributed by atoms with Crippen LogP contribution in [0.5, 0.6) is 17.2 Å². The second kappa shape index (κ2) is 8.78. The number of aromatic hydroxyl groups is 1. The normalized spacial score (nSPS) is 14.7. The fourth-order valence-electron chi connectivity index (χ4n) is 2.88. The number of anilines is 1. The molecule has 0 radical (unpaired) electrons. The molecule has 1 saturated heterocycles. The highest BCUT2D eigenvalue weighted by atomic mass is 32.1. The van der Waals surface area contributed by atoms with Crippen LogP contribution in [0.15, 0.2) is 42.1 Å². The van der Waals surface area contributed by atoms with Crippen LogP contribution >= 0.6 is 12.2 Å². The summed E-state index contributed by atoms with van der Waals surface area (Å²) in [7, 11) is 0. The van der Waals surface area contributed by atoms with Gasteiger partial charge in [0.2, 0.25) is 0 Å². The number of benzene rings is 2. The van der Waals surface area contributed by atoms with Gasteiger partial charge < -0.3 is 19.9 Å². The topological polar surface area (TPSA) is 114 Å². The number of thiocarbonyl (C=S) groups is 1. The van der Waals surface area contributed by atoms with Crippen LogP contribution in [0.3, 0.4) is 0 Å². The second-order valence-corrected chi connectivity index (χ2v) is 6.51. The van der Waals surface area contributed by atoms with Gasteiger partial charge in [0, 0.05) is 11.6 Å². The summed E-state index contributed by atoms with van der Waals surface area (Å²) in [6.45, 7) is 4.28. The molecule has 1 aliphatic rings. The number of phenolic OH excluding ortho intramolecular Hbond substituents is 1. The lowest BCUT2D eigenvalue weighted by molar-refractivity contribution is -0.385. The van der Waals surface area contributed by atoms with Crippen molar-refractivity contribution in [2.45, 2.75) is 13.8 Å². The summed E-state index contributed by atoms with van der Waals surface area (Å²) >= 11 is 5.27. The summed E-state index contributed by atoms with van der Waals surface area (Å²) in [5.74, 6) is -0.162. The average Bonchev–Trinajstić information content (AvgIpc) is 2.99. The number of phenols is 1. The smallest absolute Gasteiger partial charge is 0.281 e. The van der Waals surface area contributed by atoms with Crippen molar-refractivity contribution in [3.8, 4) is 17.2 Å². The van der Waals surface area contributed by atoms with Gasteiger partial charge in [-0.3, -0.25) is 19.8 Å². The molecular weight excluding hydrogens is 410 g/mol. The minimum Gasteiger partial charge on any atom is -0.504 e.